The summed E-state index contributed by atoms with van der Waals surface area (Å²) in [6, 6.07) is 10.5. The number of anilines is 1. The molecule has 1 aliphatic rings. The van der Waals surface area contributed by atoms with Crippen LogP contribution in [0.15, 0.2) is 30.5 Å². The molecule has 126 valence electrons. The maximum absolute atomic E-state index is 12.5. The molecule has 0 atom stereocenters. The van der Waals surface area contributed by atoms with Crippen molar-refractivity contribution in [2.45, 2.75) is 39.2 Å². The summed E-state index contributed by atoms with van der Waals surface area (Å²) in [4.78, 5) is 13.8. The van der Waals surface area contributed by atoms with E-state index in [9.17, 15) is 10.1 Å². The minimum absolute atomic E-state index is 0.0897. The molecule has 5 heteroatoms. The zero-order valence-corrected chi connectivity index (χ0v) is 14.9. The number of carbonyl (C=O) groups is 1. The Bertz CT molecular complexity index is 1010. The molecule has 3 aromatic rings. The number of nitrogens with one attached hydrogen (secondary N) is 1. The van der Waals surface area contributed by atoms with E-state index in [-0.39, 0.29) is 12.5 Å². The molecule has 0 fully saturated rings. The van der Waals surface area contributed by atoms with Gasteiger partial charge in [-0.2, -0.15) is 5.26 Å². The second kappa shape index (κ2) is 6.38. The summed E-state index contributed by atoms with van der Waals surface area (Å²) in [5.41, 5.74) is 4.07. The normalized spacial score (nSPS) is 13.4. The largest absolute Gasteiger partial charge is 0.338 e. The molecule has 4 rings (SSSR count). The number of fused-ring (bicyclic) bond motifs is 2. The first kappa shape index (κ1) is 15.9. The molecule has 2 heterocycles. The Balaban J connectivity index is 1.56. The maximum atomic E-state index is 12.5. The Hall–Kier alpha value is -2.58. The van der Waals surface area contributed by atoms with Crippen LogP contribution in [0, 0.1) is 18.3 Å². The topological polar surface area (TPSA) is 57.8 Å². The molecule has 0 saturated carbocycles. The van der Waals surface area contributed by atoms with Crippen LogP contribution in [0.2, 0.25) is 0 Å². The van der Waals surface area contributed by atoms with Gasteiger partial charge in [0.15, 0.2) is 0 Å². The molecule has 0 saturated heterocycles. The summed E-state index contributed by atoms with van der Waals surface area (Å²) < 4.78 is 1.95. The van der Waals surface area contributed by atoms with Gasteiger partial charge in [-0.15, -0.1) is 11.3 Å². The predicted molar refractivity (Wildman–Crippen MR) is 101 cm³/mol. The summed E-state index contributed by atoms with van der Waals surface area (Å²) >= 11 is 1.57. The summed E-state index contributed by atoms with van der Waals surface area (Å²) in [6.45, 7) is 2.31. The van der Waals surface area contributed by atoms with Crippen molar-refractivity contribution in [1.82, 2.24) is 4.57 Å². The fourth-order valence-corrected chi connectivity index (χ4v) is 4.81. The van der Waals surface area contributed by atoms with Crippen LogP contribution in [0.4, 0.5) is 5.00 Å². The fraction of sp³-hybridized carbons (Fsp3) is 0.300. The standard InChI is InChI=1S/C20H19N3OS/c1-13-6-7-17-14(10-13)8-9-23(17)12-19(24)22-20-16(11-21)15-4-2-3-5-18(15)25-20/h6-10H,2-5,12H2,1H3,(H,22,24). The number of nitriles is 1. The van der Waals surface area contributed by atoms with Crippen LogP contribution in [0.25, 0.3) is 10.9 Å². The number of aromatic nitrogens is 1. The molecular formula is C20H19N3OS. The van der Waals surface area contributed by atoms with Crippen LogP contribution in [0.3, 0.4) is 0 Å². The molecular weight excluding hydrogens is 330 g/mol. The van der Waals surface area contributed by atoms with Crippen molar-refractivity contribution >= 4 is 33.1 Å². The first-order valence-electron chi connectivity index (χ1n) is 8.55. The van der Waals surface area contributed by atoms with Crippen LogP contribution >= 0.6 is 11.3 Å². The number of thiophene rings is 1. The number of carbonyl (C=O) groups excluding carboxylic acids is 1. The van der Waals surface area contributed by atoms with Crippen molar-refractivity contribution in [3.05, 3.63) is 52.0 Å². The molecule has 0 aliphatic heterocycles. The van der Waals surface area contributed by atoms with Gasteiger partial charge in [0.1, 0.15) is 17.6 Å². The Morgan fingerprint density at radius 3 is 3.00 bits per heavy atom. The molecule has 4 nitrogen and oxygen atoms in total. The van der Waals surface area contributed by atoms with Gasteiger partial charge in [-0.25, -0.2) is 0 Å². The van der Waals surface area contributed by atoms with Crippen molar-refractivity contribution in [3.63, 3.8) is 0 Å². The quantitative estimate of drug-likeness (QED) is 0.762. The molecule has 1 aromatic carbocycles. The Kier molecular flexibility index (Phi) is 4.06. The molecule has 1 N–H and O–H groups in total. The van der Waals surface area contributed by atoms with Crippen LogP contribution in [0.1, 0.15) is 34.4 Å². The molecule has 25 heavy (non-hydrogen) atoms. The third kappa shape index (κ3) is 2.94. The van der Waals surface area contributed by atoms with Crippen molar-refractivity contribution in [2.24, 2.45) is 0 Å². The van der Waals surface area contributed by atoms with Gasteiger partial charge in [-0.3, -0.25) is 4.79 Å². The number of rotatable bonds is 3. The average molecular weight is 349 g/mol. The first-order chi connectivity index (χ1) is 12.2. The minimum Gasteiger partial charge on any atom is -0.338 e. The fourth-order valence-electron chi connectivity index (χ4n) is 3.55. The van der Waals surface area contributed by atoms with Gasteiger partial charge in [0.05, 0.1) is 5.56 Å². The van der Waals surface area contributed by atoms with Gasteiger partial charge in [-0.1, -0.05) is 11.6 Å². The highest BCUT2D eigenvalue weighted by Gasteiger charge is 2.21. The van der Waals surface area contributed by atoms with Crippen molar-refractivity contribution < 1.29 is 4.79 Å². The smallest absolute Gasteiger partial charge is 0.244 e. The number of amides is 1. The number of hydrogen-bond donors (Lipinski definition) is 1. The number of hydrogen-bond acceptors (Lipinski definition) is 3. The zero-order chi connectivity index (χ0) is 17.4. The third-order valence-electron chi connectivity index (χ3n) is 4.78. The van der Waals surface area contributed by atoms with Crippen molar-refractivity contribution in [1.29, 1.82) is 5.26 Å². The van der Waals surface area contributed by atoms with E-state index in [0.717, 1.165) is 35.7 Å². The van der Waals surface area contributed by atoms with Gasteiger partial charge < -0.3 is 9.88 Å². The Morgan fingerprint density at radius 1 is 1.32 bits per heavy atom. The van der Waals surface area contributed by atoms with Crippen LogP contribution in [0.5, 0.6) is 0 Å². The summed E-state index contributed by atoms with van der Waals surface area (Å²) in [5.74, 6) is -0.0897. The van der Waals surface area contributed by atoms with Gasteiger partial charge in [0.2, 0.25) is 5.91 Å². The molecule has 2 aromatic heterocycles. The lowest BCUT2D eigenvalue weighted by Gasteiger charge is -2.09. The zero-order valence-electron chi connectivity index (χ0n) is 14.1. The lowest BCUT2D eigenvalue weighted by molar-refractivity contribution is -0.116. The van der Waals surface area contributed by atoms with E-state index >= 15 is 0 Å². The van der Waals surface area contributed by atoms with Gasteiger partial charge in [-0.05, 0) is 61.8 Å². The highest BCUT2D eigenvalue weighted by Crippen LogP contribution is 2.37. The third-order valence-corrected chi connectivity index (χ3v) is 5.98. The maximum Gasteiger partial charge on any atom is 0.244 e. The Morgan fingerprint density at radius 2 is 2.16 bits per heavy atom. The molecule has 1 aliphatic carbocycles. The van der Waals surface area contributed by atoms with E-state index in [0.29, 0.717) is 10.6 Å². The molecule has 0 spiro atoms. The molecule has 0 radical (unpaired) electrons. The van der Waals surface area contributed by atoms with E-state index in [4.69, 9.17) is 0 Å². The lowest BCUT2D eigenvalue weighted by Crippen LogP contribution is -2.18. The number of nitrogens with zero attached hydrogens (tertiary/aromatic N) is 2. The highest BCUT2D eigenvalue weighted by atomic mass is 32.1. The van der Waals surface area contributed by atoms with Crippen molar-refractivity contribution in [3.8, 4) is 6.07 Å². The lowest BCUT2D eigenvalue weighted by atomic mass is 9.96. The van der Waals surface area contributed by atoms with E-state index in [1.54, 1.807) is 11.3 Å². The first-order valence-corrected chi connectivity index (χ1v) is 9.37. The second-order valence-electron chi connectivity index (χ2n) is 6.58. The molecule has 0 bridgehead atoms. The SMILES string of the molecule is Cc1ccc2c(ccn2CC(=O)Nc2sc3c(c2C#N)CCCC3)c1. The van der Waals surface area contributed by atoms with E-state index in [2.05, 4.69) is 30.4 Å². The van der Waals surface area contributed by atoms with Gasteiger partial charge in [0.25, 0.3) is 0 Å². The number of benzene rings is 1. The summed E-state index contributed by atoms with van der Waals surface area (Å²) in [6.07, 6.45) is 6.20. The Labute approximate surface area is 150 Å². The van der Waals surface area contributed by atoms with E-state index in [1.807, 2.05) is 22.9 Å². The molecule has 0 unspecified atom stereocenters. The van der Waals surface area contributed by atoms with Crippen LogP contribution in [-0.4, -0.2) is 10.5 Å². The van der Waals surface area contributed by atoms with Gasteiger partial charge >= 0.3 is 0 Å². The highest BCUT2D eigenvalue weighted by molar-refractivity contribution is 7.16. The minimum atomic E-state index is -0.0897. The van der Waals surface area contributed by atoms with E-state index in [1.165, 1.54) is 16.9 Å². The molecule has 1 amide bonds. The average Bonchev–Trinajstić information content (AvgIpc) is 3.15. The van der Waals surface area contributed by atoms with Crippen molar-refractivity contribution in [2.75, 3.05) is 5.32 Å². The van der Waals surface area contributed by atoms with E-state index < -0.39 is 0 Å². The van der Waals surface area contributed by atoms with Gasteiger partial charge in [0, 0.05) is 16.6 Å². The monoisotopic (exact) mass is 349 g/mol. The number of aryl methyl sites for hydroxylation is 2. The second-order valence-corrected chi connectivity index (χ2v) is 7.69. The van der Waals surface area contributed by atoms with Crippen LogP contribution < -0.4 is 5.32 Å². The summed E-state index contributed by atoms with van der Waals surface area (Å²) in [7, 11) is 0. The van der Waals surface area contributed by atoms with Crippen LogP contribution in [-0.2, 0) is 24.2 Å². The summed E-state index contributed by atoms with van der Waals surface area (Å²) in [5, 5.41) is 14.3. The predicted octanol–water partition coefficient (Wildman–Crippen LogP) is 4.40.